The summed E-state index contributed by atoms with van der Waals surface area (Å²) in [6.07, 6.45) is 7.29. The van der Waals surface area contributed by atoms with E-state index in [9.17, 15) is 14.4 Å². The Morgan fingerprint density at radius 2 is 2.24 bits per heavy atom. The Labute approximate surface area is 169 Å². The monoisotopic (exact) mass is 411 g/mol. The second-order valence-corrected chi connectivity index (χ2v) is 8.24. The van der Waals surface area contributed by atoms with Crippen molar-refractivity contribution in [2.24, 2.45) is 0 Å². The van der Waals surface area contributed by atoms with E-state index in [2.05, 4.69) is 20.6 Å². The number of urea groups is 1. The molecule has 2 N–H and O–H groups in total. The third-order valence-corrected chi connectivity index (χ3v) is 6.72. The lowest BCUT2D eigenvalue weighted by molar-refractivity contribution is -0.129. The molecular weight excluding hydrogens is 394 g/mol. The van der Waals surface area contributed by atoms with E-state index in [1.165, 1.54) is 17.7 Å². The molecule has 0 radical (unpaired) electrons. The van der Waals surface area contributed by atoms with Gasteiger partial charge in [0.2, 0.25) is 0 Å². The zero-order valence-electron chi connectivity index (χ0n) is 15.5. The van der Waals surface area contributed by atoms with Gasteiger partial charge in [0.25, 0.3) is 11.8 Å². The van der Waals surface area contributed by atoms with Crippen molar-refractivity contribution >= 4 is 39.4 Å². The van der Waals surface area contributed by atoms with Crippen molar-refractivity contribution in [3.8, 4) is 0 Å². The Bertz CT molecular complexity index is 1090. The Morgan fingerprint density at radius 1 is 1.38 bits per heavy atom. The molecule has 10 heteroatoms. The van der Waals surface area contributed by atoms with Crippen molar-refractivity contribution < 1.29 is 19.1 Å². The molecule has 148 valence electrons. The molecule has 3 aliphatic rings. The van der Waals surface area contributed by atoms with Crippen LogP contribution in [0.4, 0.5) is 4.79 Å². The molecule has 5 rings (SSSR count). The molecule has 0 spiro atoms. The number of carbonyl (C=O) groups is 3. The van der Waals surface area contributed by atoms with Gasteiger partial charge in [0.05, 0.1) is 12.6 Å². The number of aromatic nitrogens is 2. The minimum Gasteiger partial charge on any atom is -0.377 e. The summed E-state index contributed by atoms with van der Waals surface area (Å²) in [5, 5.41) is 5.84. The average molecular weight is 411 g/mol. The molecule has 9 nitrogen and oxygen atoms in total. The van der Waals surface area contributed by atoms with Crippen LogP contribution in [0.5, 0.6) is 0 Å². The lowest BCUT2D eigenvalue weighted by atomic mass is 9.96. The summed E-state index contributed by atoms with van der Waals surface area (Å²) in [6.45, 7) is 0.416. The normalized spacial score (nSPS) is 26.3. The smallest absolute Gasteiger partial charge is 0.322 e. The van der Waals surface area contributed by atoms with E-state index < -0.39 is 17.5 Å². The van der Waals surface area contributed by atoms with E-state index in [1.54, 1.807) is 24.3 Å². The van der Waals surface area contributed by atoms with E-state index in [4.69, 9.17) is 4.74 Å². The van der Waals surface area contributed by atoms with Crippen molar-refractivity contribution in [3.05, 3.63) is 46.8 Å². The van der Waals surface area contributed by atoms with Crippen molar-refractivity contribution in [2.75, 3.05) is 20.2 Å². The fourth-order valence-corrected chi connectivity index (χ4v) is 5.10. The number of methoxy groups -OCH3 is 1. The van der Waals surface area contributed by atoms with Crippen LogP contribution in [0, 0.1) is 0 Å². The molecule has 2 aromatic rings. The molecule has 0 aromatic carbocycles. The zero-order valence-corrected chi connectivity index (χ0v) is 16.3. The van der Waals surface area contributed by atoms with Crippen LogP contribution in [0.25, 0.3) is 10.2 Å². The largest absolute Gasteiger partial charge is 0.377 e. The third-order valence-electron chi connectivity index (χ3n) is 5.50. The summed E-state index contributed by atoms with van der Waals surface area (Å²) in [5.74, 6) is -0.620. The highest BCUT2D eigenvalue weighted by Gasteiger charge is 2.51. The number of hydrogen-bond donors (Lipinski definition) is 2. The first kappa shape index (κ1) is 18.0. The summed E-state index contributed by atoms with van der Waals surface area (Å²) in [6, 6.07) is 1.21. The summed E-state index contributed by atoms with van der Waals surface area (Å²) in [4.78, 5) is 49.1. The third kappa shape index (κ3) is 2.75. The average Bonchev–Trinajstić information content (AvgIpc) is 3.36. The second kappa shape index (κ2) is 6.46. The summed E-state index contributed by atoms with van der Waals surface area (Å²) >= 11 is 1.30. The SMILES string of the molecule is COC1C=CC2=C(C1)C(=O)N(C[C@@]1(c3cc4cncnc4s3)NC(=O)NC1=O)C2. The minimum atomic E-state index is -1.36. The lowest BCUT2D eigenvalue weighted by Gasteiger charge is -2.30. The van der Waals surface area contributed by atoms with Crippen LogP contribution in [0.2, 0.25) is 0 Å². The van der Waals surface area contributed by atoms with Gasteiger partial charge in [-0.1, -0.05) is 12.2 Å². The predicted octanol–water partition coefficient (Wildman–Crippen LogP) is 0.840. The molecule has 2 atom stereocenters. The first-order valence-corrected chi connectivity index (χ1v) is 9.88. The maximum absolute atomic E-state index is 13.0. The highest BCUT2D eigenvalue weighted by Crippen LogP contribution is 2.37. The van der Waals surface area contributed by atoms with Crippen LogP contribution in [0.3, 0.4) is 0 Å². The van der Waals surface area contributed by atoms with Gasteiger partial charge in [0, 0.05) is 42.1 Å². The van der Waals surface area contributed by atoms with Crippen LogP contribution in [-0.2, 0) is 19.9 Å². The van der Waals surface area contributed by atoms with Crippen LogP contribution < -0.4 is 10.6 Å². The van der Waals surface area contributed by atoms with Crippen molar-refractivity contribution in [1.29, 1.82) is 0 Å². The Kier molecular flexibility index (Phi) is 4.00. The summed E-state index contributed by atoms with van der Waals surface area (Å²) in [7, 11) is 1.61. The highest BCUT2D eigenvalue weighted by molar-refractivity contribution is 7.18. The number of imide groups is 1. The Balaban J connectivity index is 1.50. The first-order chi connectivity index (χ1) is 14.0. The number of rotatable bonds is 4. The number of ether oxygens (including phenoxy) is 1. The van der Waals surface area contributed by atoms with Crippen LogP contribution in [0.15, 0.2) is 41.9 Å². The maximum Gasteiger partial charge on any atom is 0.322 e. The van der Waals surface area contributed by atoms with Crippen molar-refractivity contribution in [3.63, 3.8) is 0 Å². The number of nitrogens with zero attached hydrogens (tertiary/aromatic N) is 3. The molecule has 29 heavy (non-hydrogen) atoms. The quantitative estimate of drug-likeness (QED) is 0.721. The van der Waals surface area contributed by atoms with Crippen LogP contribution >= 0.6 is 11.3 Å². The maximum atomic E-state index is 13.0. The molecule has 4 heterocycles. The van der Waals surface area contributed by atoms with Gasteiger partial charge in [-0.2, -0.15) is 0 Å². The van der Waals surface area contributed by atoms with E-state index in [0.717, 1.165) is 11.0 Å². The second-order valence-electron chi connectivity index (χ2n) is 7.21. The van der Waals surface area contributed by atoms with Gasteiger partial charge in [-0.15, -0.1) is 11.3 Å². The van der Waals surface area contributed by atoms with Crippen LogP contribution in [0.1, 0.15) is 11.3 Å². The lowest BCUT2D eigenvalue weighted by Crippen LogP contribution is -2.52. The molecule has 4 amide bonds. The van der Waals surface area contributed by atoms with E-state index in [-0.39, 0.29) is 18.6 Å². The van der Waals surface area contributed by atoms with Gasteiger partial charge in [0.1, 0.15) is 11.2 Å². The Morgan fingerprint density at radius 3 is 2.97 bits per heavy atom. The van der Waals surface area contributed by atoms with Gasteiger partial charge < -0.3 is 15.0 Å². The zero-order chi connectivity index (χ0) is 20.2. The van der Waals surface area contributed by atoms with Crippen LogP contribution in [-0.4, -0.2) is 59.0 Å². The number of hydrogen-bond acceptors (Lipinski definition) is 7. The molecule has 1 saturated heterocycles. The van der Waals surface area contributed by atoms with Gasteiger partial charge in [-0.25, -0.2) is 14.8 Å². The molecule has 1 fully saturated rings. The van der Waals surface area contributed by atoms with Crippen molar-refractivity contribution in [1.82, 2.24) is 25.5 Å². The summed E-state index contributed by atoms with van der Waals surface area (Å²) in [5.41, 5.74) is 0.253. The number of thiophene rings is 1. The molecule has 2 aliphatic heterocycles. The van der Waals surface area contributed by atoms with Gasteiger partial charge in [0.15, 0.2) is 5.54 Å². The first-order valence-electron chi connectivity index (χ1n) is 9.06. The minimum absolute atomic E-state index is 0.0299. The topological polar surface area (TPSA) is 114 Å². The van der Waals surface area contributed by atoms with Crippen molar-refractivity contribution in [2.45, 2.75) is 18.1 Å². The number of fused-ring (bicyclic) bond motifs is 1. The predicted molar refractivity (Wildman–Crippen MR) is 104 cm³/mol. The molecule has 0 bridgehead atoms. The number of carbonyl (C=O) groups excluding carboxylic acids is 3. The Hall–Kier alpha value is -3.11. The van der Waals surface area contributed by atoms with Gasteiger partial charge in [-0.3, -0.25) is 14.9 Å². The molecule has 2 aromatic heterocycles. The molecule has 0 saturated carbocycles. The summed E-state index contributed by atoms with van der Waals surface area (Å²) < 4.78 is 5.35. The molecular formula is C19H17N5O4S. The molecule has 1 unspecified atom stereocenters. The standard InChI is InChI=1S/C19H17N5O4S/c1-28-12-3-2-10-7-24(16(25)13(10)5-12)8-19(17(26)22-18(27)23-19)14-4-11-6-20-9-21-15(11)29-14/h2-4,6,9,12H,5,7-8H2,1H3,(H2,22,23,26,27)/t12?,19-/m0/s1. The highest BCUT2D eigenvalue weighted by atomic mass is 32.1. The fraction of sp³-hybridized carbons (Fsp3) is 0.316. The van der Waals surface area contributed by atoms with E-state index in [1.807, 2.05) is 12.2 Å². The van der Waals surface area contributed by atoms with Gasteiger partial charge >= 0.3 is 6.03 Å². The fourth-order valence-electron chi connectivity index (χ4n) is 3.99. The van der Waals surface area contributed by atoms with Gasteiger partial charge in [-0.05, 0) is 11.6 Å². The number of amides is 4. The van der Waals surface area contributed by atoms with E-state index in [0.29, 0.717) is 28.2 Å². The molecule has 1 aliphatic carbocycles. The van der Waals surface area contributed by atoms with E-state index >= 15 is 0 Å². The number of nitrogens with one attached hydrogen (secondary N) is 2.